The van der Waals surface area contributed by atoms with E-state index in [9.17, 15) is 9.30 Å². The Morgan fingerprint density at radius 1 is 1.19 bits per heavy atom. The number of aryl methyl sites for hydroxylation is 1. The van der Waals surface area contributed by atoms with Crippen LogP contribution in [0.2, 0.25) is 0 Å². The third kappa shape index (κ3) is 2.25. The van der Waals surface area contributed by atoms with E-state index in [-0.39, 0.29) is 11.7 Å². The van der Waals surface area contributed by atoms with Crippen LogP contribution < -0.4 is 5.32 Å². The number of hydrogen-bond acceptors (Lipinski definition) is 5. The lowest BCUT2D eigenvalue weighted by Crippen LogP contribution is -2.11. The van der Waals surface area contributed by atoms with E-state index >= 15 is 0 Å². The molecule has 132 valence electrons. The summed E-state index contributed by atoms with van der Waals surface area (Å²) in [6.45, 7) is 0. The average molecular weight is 359 g/mol. The molecule has 0 amide bonds. The predicted octanol–water partition coefficient (Wildman–Crippen LogP) is 4.69. The summed E-state index contributed by atoms with van der Waals surface area (Å²) >= 11 is 0. The lowest BCUT2D eigenvalue weighted by Gasteiger charge is -2.19. The molecule has 0 spiro atoms. The van der Waals surface area contributed by atoms with Crippen LogP contribution in [0.15, 0.2) is 60.2 Å². The number of anilines is 1. The molecule has 3 heterocycles. The maximum Gasteiger partial charge on any atom is 0.152 e. The summed E-state index contributed by atoms with van der Waals surface area (Å²) in [5.41, 5.74) is 4.96. The number of aromatic nitrogens is 3. The van der Waals surface area contributed by atoms with Gasteiger partial charge in [0.25, 0.3) is 0 Å². The van der Waals surface area contributed by atoms with Crippen LogP contribution >= 0.6 is 0 Å². The highest BCUT2D eigenvalue weighted by Gasteiger charge is 2.28. The first-order chi connectivity index (χ1) is 13.2. The van der Waals surface area contributed by atoms with E-state index in [0.717, 1.165) is 33.5 Å². The molecule has 27 heavy (non-hydrogen) atoms. The number of hydrogen-bond donors (Lipinski definition) is 1. The molecule has 1 atom stereocenters. The Labute approximate surface area is 153 Å². The van der Waals surface area contributed by atoms with Gasteiger partial charge in [0.05, 0.1) is 17.1 Å². The van der Waals surface area contributed by atoms with Gasteiger partial charge in [0.1, 0.15) is 17.7 Å². The molecule has 1 aliphatic rings. The number of nitrogens with one attached hydrogen (secondary N) is 1. The van der Waals surface area contributed by atoms with Crippen LogP contribution in [-0.2, 0) is 7.05 Å². The molecule has 2 aromatic heterocycles. The lowest BCUT2D eigenvalue weighted by atomic mass is 9.98. The molecule has 0 saturated carbocycles. The molecule has 0 aliphatic carbocycles. The van der Waals surface area contributed by atoms with Gasteiger partial charge >= 0.3 is 0 Å². The number of nitroso groups, excluding NO2 is 1. The topological polar surface area (TPSA) is 72.2 Å². The van der Waals surface area contributed by atoms with E-state index in [4.69, 9.17) is 0 Å². The van der Waals surface area contributed by atoms with Crippen molar-refractivity contribution in [2.45, 2.75) is 6.04 Å². The molecular formula is C20H14FN5O. The second kappa shape index (κ2) is 5.70. The first-order valence-corrected chi connectivity index (χ1v) is 8.46. The number of fused-ring (bicyclic) bond motifs is 2. The van der Waals surface area contributed by atoms with Crippen molar-refractivity contribution in [1.29, 1.82) is 0 Å². The Bertz CT molecular complexity index is 1220. The summed E-state index contributed by atoms with van der Waals surface area (Å²) in [6.07, 6.45) is 3.54. The molecule has 1 N–H and O–H groups in total. The quantitative estimate of drug-likeness (QED) is 0.527. The van der Waals surface area contributed by atoms with Gasteiger partial charge in [-0.2, -0.15) is 0 Å². The molecule has 5 rings (SSSR count). The van der Waals surface area contributed by atoms with E-state index in [1.165, 1.54) is 12.1 Å². The molecule has 7 heteroatoms. The van der Waals surface area contributed by atoms with Gasteiger partial charge in [-0.05, 0) is 28.9 Å². The zero-order valence-corrected chi connectivity index (χ0v) is 14.3. The van der Waals surface area contributed by atoms with Gasteiger partial charge in [-0.15, -0.1) is 4.91 Å². The monoisotopic (exact) mass is 359 g/mol. The minimum Gasteiger partial charge on any atom is -0.374 e. The van der Waals surface area contributed by atoms with Crippen LogP contribution in [-0.4, -0.2) is 14.5 Å². The van der Waals surface area contributed by atoms with Crippen molar-refractivity contribution in [3.05, 3.63) is 76.8 Å². The molecule has 0 fully saturated rings. The zero-order valence-electron chi connectivity index (χ0n) is 14.3. The number of nitrogens with zero attached hydrogens (tertiary/aromatic N) is 4. The van der Waals surface area contributed by atoms with Crippen molar-refractivity contribution in [1.82, 2.24) is 14.5 Å². The van der Waals surface area contributed by atoms with E-state index < -0.39 is 5.82 Å². The Balaban J connectivity index is 1.83. The van der Waals surface area contributed by atoms with Crippen LogP contribution in [0.1, 0.15) is 17.2 Å². The third-order valence-electron chi connectivity index (χ3n) is 4.98. The highest BCUT2D eigenvalue weighted by molar-refractivity contribution is 5.99. The number of rotatable bonds is 2. The van der Waals surface area contributed by atoms with Crippen LogP contribution in [0.5, 0.6) is 0 Å². The van der Waals surface area contributed by atoms with Crippen molar-refractivity contribution in [2.75, 3.05) is 5.32 Å². The highest BCUT2D eigenvalue weighted by atomic mass is 19.1. The number of halogens is 1. The van der Waals surface area contributed by atoms with Crippen LogP contribution in [0, 0.1) is 10.7 Å². The fraction of sp³-hybridized carbons (Fsp3) is 0.100. The van der Waals surface area contributed by atoms with E-state index in [1.807, 2.05) is 42.1 Å². The molecule has 1 aliphatic heterocycles. The van der Waals surface area contributed by atoms with Crippen molar-refractivity contribution in [3.8, 4) is 11.3 Å². The first-order valence-electron chi connectivity index (χ1n) is 8.46. The minimum atomic E-state index is -0.640. The van der Waals surface area contributed by atoms with Crippen LogP contribution in [0.25, 0.3) is 22.3 Å². The van der Waals surface area contributed by atoms with Gasteiger partial charge < -0.3 is 9.88 Å². The SMILES string of the molecule is Cn1cc2c3c(ncnc31)-c1ccccc1NC2c1ccc(N=O)c(F)c1. The summed E-state index contributed by atoms with van der Waals surface area (Å²) in [5.74, 6) is -0.640. The minimum absolute atomic E-state index is 0.199. The molecule has 4 aromatic rings. The summed E-state index contributed by atoms with van der Waals surface area (Å²) in [5, 5.41) is 7.16. The van der Waals surface area contributed by atoms with Crippen molar-refractivity contribution in [3.63, 3.8) is 0 Å². The zero-order chi connectivity index (χ0) is 18.5. The fourth-order valence-electron chi connectivity index (χ4n) is 3.76. The molecule has 0 radical (unpaired) electrons. The molecule has 1 unspecified atom stereocenters. The summed E-state index contributed by atoms with van der Waals surface area (Å²) in [7, 11) is 1.92. The summed E-state index contributed by atoms with van der Waals surface area (Å²) in [4.78, 5) is 19.7. The van der Waals surface area contributed by atoms with E-state index in [1.54, 1.807) is 12.4 Å². The standard InChI is InChI=1S/C20H14FN5O/c1-26-9-13-17-19(22-10-23-20(17)26)12-4-2-3-5-15(12)24-18(13)11-6-7-16(25-27)14(21)8-11/h2-10,18,24H,1H3. The van der Waals surface area contributed by atoms with Gasteiger partial charge in [0.2, 0.25) is 0 Å². The van der Waals surface area contributed by atoms with Gasteiger partial charge in [-0.25, -0.2) is 14.4 Å². The van der Waals surface area contributed by atoms with Crippen LogP contribution in [0.4, 0.5) is 15.8 Å². The van der Waals surface area contributed by atoms with Crippen molar-refractivity contribution < 1.29 is 4.39 Å². The Morgan fingerprint density at radius 2 is 2.04 bits per heavy atom. The Kier molecular flexibility index (Phi) is 3.30. The van der Waals surface area contributed by atoms with Gasteiger partial charge in [0, 0.05) is 30.1 Å². The van der Waals surface area contributed by atoms with E-state index in [0.29, 0.717) is 5.56 Å². The normalized spacial score (nSPS) is 15.1. The predicted molar refractivity (Wildman–Crippen MR) is 101 cm³/mol. The Hall–Kier alpha value is -3.61. The second-order valence-electron chi connectivity index (χ2n) is 6.54. The lowest BCUT2D eigenvalue weighted by molar-refractivity contribution is 0.626. The summed E-state index contributed by atoms with van der Waals surface area (Å²) in [6, 6.07) is 12.0. The Morgan fingerprint density at radius 3 is 2.85 bits per heavy atom. The van der Waals surface area contributed by atoms with Gasteiger partial charge in [-0.1, -0.05) is 24.3 Å². The summed E-state index contributed by atoms with van der Waals surface area (Å²) < 4.78 is 16.2. The molecule has 0 saturated heterocycles. The number of para-hydroxylation sites is 1. The molecule has 0 bridgehead atoms. The van der Waals surface area contributed by atoms with Crippen LogP contribution in [0.3, 0.4) is 0 Å². The maximum absolute atomic E-state index is 14.2. The van der Waals surface area contributed by atoms with Gasteiger partial charge in [0.15, 0.2) is 5.82 Å². The van der Waals surface area contributed by atoms with E-state index in [2.05, 4.69) is 20.5 Å². The fourth-order valence-corrected chi connectivity index (χ4v) is 3.76. The third-order valence-corrected chi connectivity index (χ3v) is 4.98. The average Bonchev–Trinajstić information content (AvgIpc) is 2.95. The maximum atomic E-state index is 14.2. The van der Waals surface area contributed by atoms with Crippen molar-refractivity contribution in [2.24, 2.45) is 12.2 Å². The smallest absolute Gasteiger partial charge is 0.152 e. The second-order valence-corrected chi connectivity index (χ2v) is 6.54. The van der Waals surface area contributed by atoms with Crippen molar-refractivity contribution >= 4 is 22.4 Å². The first kappa shape index (κ1) is 15.6. The largest absolute Gasteiger partial charge is 0.374 e. The van der Waals surface area contributed by atoms with Gasteiger partial charge in [-0.3, -0.25) is 0 Å². The highest BCUT2D eigenvalue weighted by Crippen LogP contribution is 2.43. The number of benzene rings is 2. The molecular weight excluding hydrogens is 345 g/mol. The molecule has 6 nitrogen and oxygen atoms in total. The molecule has 2 aromatic carbocycles.